The Hall–Kier alpha value is -2.75. The molecular weight excluding hydrogens is 322 g/mol. The first-order chi connectivity index (χ1) is 11.9. The van der Waals surface area contributed by atoms with E-state index < -0.39 is 0 Å². The predicted octanol–water partition coefficient (Wildman–Crippen LogP) is 1.69. The van der Waals surface area contributed by atoms with E-state index in [1.807, 2.05) is 6.07 Å². The van der Waals surface area contributed by atoms with Crippen molar-refractivity contribution in [3.05, 3.63) is 23.3 Å². The summed E-state index contributed by atoms with van der Waals surface area (Å²) in [6.07, 6.45) is 1.18. The molecule has 0 unspecified atom stereocenters. The first-order valence-corrected chi connectivity index (χ1v) is 8.37. The smallest absolute Gasteiger partial charge is 0.324 e. The molecular formula is C18H19N3O4. The number of ether oxygens (including phenoxy) is 2. The highest BCUT2D eigenvalue weighted by atomic mass is 16.5. The molecule has 4 rings (SSSR count). The molecule has 0 bridgehead atoms. The van der Waals surface area contributed by atoms with E-state index in [0.29, 0.717) is 30.8 Å². The zero-order chi connectivity index (χ0) is 17.8. The summed E-state index contributed by atoms with van der Waals surface area (Å²) in [6.45, 7) is 4.70. The Labute approximate surface area is 145 Å². The lowest BCUT2D eigenvalue weighted by Crippen LogP contribution is -2.51. The van der Waals surface area contributed by atoms with Gasteiger partial charge >= 0.3 is 6.03 Å². The molecule has 2 aliphatic heterocycles. The molecule has 1 aromatic carbocycles. The summed E-state index contributed by atoms with van der Waals surface area (Å²) >= 11 is 0. The van der Waals surface area contributed by atoms with Crippen molar-refractivity contribution in [1.29, 1.82) is 5.26 Å². The average molecular weight is 341 g/mol. The number of carbonyl (C=O) groups is 2. The summed E-state index contributed by atoms with van der Waals surface area (Å²) in [5, 5.41) is 11.8. The lowest BCUT2D eigenvalue weighted by atomic mass is 9.84. The third kappa shape index (κ3) is 2.40. The van der Waals surface area contributed by atoms with E-state index >= 15 is 0 Å². The third-order valence-corrected chi connectivity index (χ3v) is 5.10. The predicted molar refractivity (Wildman–Crippen MR) is 87.4 cm³/mol. The van der Waals surface area contributed by atoms with E-state index in [1.165, 1.54) is 4.90 Å². The van der Waals surface area contributed by atoms with Crippen LogP contribution in [0.15, 0.2) is 12.1 Å². The van der Waals surface area contributed by atoms with Crippen LogP contribution >= 0.6 is 0 Å². The molecule has 2 fully saturated rings. The van der Waals surface area contributed by atoms with Crippen molar-refractivity contribution in [3.63, 3.8) is 0 Å². The van der Waals surface area contributed by atoms with Crippen molar-refractivity contribution in [2.24, 2.45) is 0 Å². The summed E-state index contributed by atoms with van der Waals surface area (Å²) in [4.78, 5) is 24.7. The second-order valence-electron chi connectivity index (χ2n) is 7.39. The topological polar surface area (TPSA) is 91.7 Å². The fourth-order valence-electron chi connectivity index (χ4n) is 3.70. The molecule has 1 saturated heterocycles. The molecule has 3 aliphatic rings. The second-order valence-corrected chi connectivity index (χ2v) is 7.39. The van der Waals surface area contributed by atoms with Crippen molar-refractivity contribution < 1.29 is 19.1 Å². The number of hydrogen-bond acceptors (Lipinski definition) is 5. The Morgan fingerprint density at radius 2 is 2.12 bits per heavy atom. The number of benzene rings is 1. The SMILES string of the molecule is CC1(C)COc2c(C#N)ccc(OC3CC(N4C(=O)CNC4=O)C3)c21. The summed E-state index contributed by atoms with van der Waals surface area (Å²) < 4.78 is 11.9. The molecule has 2 heterocycles. The Kier molecular flexibility index (Phi) is 3.39. The monoisotopic (exact) mass is 341 g/mol. The van der Waals surface area contributed by atoms with Gasteiger partial charge in [0.1, 0.15) is 23.7 Å². The molecule has 1 saturated carbocycles. The van der Waals surface area contributed by atoms with Crippen LogP contribution in [0, 0.1) is 11.3 Å². The number of imide groups is 1. The van der Waals surface area contributed by atoms with Crippen LogP contribution in [-0.2, 0) is 10.2 Å². The van der Waals surface area contributed by atoms with Crippen LogP contribution in [0.3, 0.4) is 0 Å². The van der Waals surface area contributed by atoms with Gasteiger partial charge in [-0.25, -0.2) is 4.79 Å². The van der Waals surface area contributed by atoms with E-state index in [1.54, 1.807) is 6.07 Å². The molecule has 7 nitrogen and oxygen atoms in total. The van der Waals surface area contributed by atoms with Crippen LogP contribution in [-0.4, -0.2) is 42.1 Å². The lowest BCUT2D eigenvalue weighted by molar-refractivity contribution is -0.129. The average Bonchev–Trinajstić information content (AvgIpc) is 3.03. The summed E-state index contributed by atoms with van der Waals surface area (Å²) in [6, 6.07) is 5.27. The molecule has 1 N–H and O–H groups in total. The van der Waals surface area contributed by atoms with Gasteiger partial charge in [-0.05, 0) is 12.1 Å². The number of nitrogens with zero attached hydrogens (tertiary/aromatic N) is 2. The number of nitriles is 1. The summed E-state index contributed by atoms with van der Waals surface area (Å²) in [7, 11) is 0. The van der Waals surface area contributed by atoms with Crippen LogP contribution in [0.2, 0.25) is 0 Å². The molecule has 3 amide bonds. The first-order valence-electron chi connectivity index (χ1n) is 8.37. The number of hydrogen-bond donors (Lipinski definition) is 1. The third-order valence-electron chi connectivity index (χ3n) is 5.10. The van der Waals surface area contributed by atoms with E-state index in [4.69, 9.17) is 9.47 Å². The zero-order valence-corrected chi connectivity index (χ0v) is 14.2. The van der Waals surface area contributed by atoms with Crippen LogP contribution in [0.4, 0.5) is 4.79 Å². The van der Waals surface area contributed by atoms with Gasteiger partial charge in [-0.2, -0.15) is 5.26 Å². The minimum Gasteiger partial charge on any atom is -0.491 e. The number of urea groups is 1. The van der Waals surface area contributed by atoms with E-state index in [9.17, 15) is 14.9 Å². The minimum absolute atomic E-state index is 0.0559. The van der Waals surface area contributed by atoms with Gasteiger partial charge in [-0.15, -0.1) is 0 Å². The molecule has 0 radical (unpaired) electrons. The number of rotatable bonds is 3. The van der Waals surface area contributed by atoms with Crippen molar-refractivity contribution in [2.45, 2.75) is 44.2 Å². The molecule has 0 spiro atoms. The molecule has 25 heavy (non-hydrogen) atoms. The van der Waals surface area contributed by atoms with Crippen molar-refractivity contribution >= 4 is 11.9 Å². The van der Waals surface area contributed by atoms with E-state index in [-0.39, 0.29) is 36.0 Å². The maximum absolute atomic E-state index is 11.7. The van der Waals surface area contributed by atoms with Crippen LogP contribution in [0.25, 0.3) is 0 Å². The van der Waals surface area contributed by atoms with Gasteiger partial charge in [-0.1, -0.05) is 13.8 Å². The Balaban J connectivity index is 1.51. The largest absolute Gasteiger partial charge is 0.491 e. The number of fused-ring (bicyclic) bond motifs is 1. The quantitative estimate of drug-likeness (QED) is 0.845. The van der Waals surface area contributed by atoms with Gasteiger partial charge in [0.2, 0.25) is 5.91 Å². The zero-order valence-electron chi connectivity index (χ0n) is 14.2. The van der Waals surface area contributed by atoms with Gasteiger partial charge in [0, 0.05) is 29.9 Å². The van der Waals surface area contributed by atoms with Gasteiger partial charge in [0.15, 0.2) is 0 Å². The van der Waals surface area contributed by atoms with Crippen molar-refractivity contribution in [2.75, 3.05) is 13.2 Å². The number of carbonyl (C=O) groups excluding carboxylic acids is 2. The van der Waals surface area contributed by atoms with Gasteiger partial charge < -0.3 is 14.8 Å². The Bertz CT molecular complexity index is 789. The fraction of sp³-hybridized carbons (Fsp3) is 0.500. The molecule has 0 aromatic heterocycles. The van der Waals surface area contributed by atoms with Crippen molar-refractivity contribution in [3.8, 4) is 17.6 Å². The maximum atomic E-state index is 11.7. The standard InChI is InChI=1S/C18H19N3O4/c1-18(2)9-24-16-10(7-19)3-4-13(15(16)18)25-12-5-11(6-12)21-14(22)8-20-17(21)23/h3-4,11-12H,5-6,8-9H2,1-2H3,(H,20,23). The Morgan fingerprint density at radius 3 is 2.76 bits per heavy atom. The number of nitrogens with one attached hydrogen (secondary N) is 1. The fourth-order valence-corrected chi connectivity index (χ4v) is 3.70. The highest BCUT2D eigenvalue weighted by molar-refractivity contribution is 6.02. The van der Waals surface area contributed by atoms with Gasteiger partial charge in [0.25, 0.3) is 0 Å². The highest BCUT2D eigenvalue weighted by Crippen LogP contribution is 2.47. The maximum Gasteiger partial charge on any atom is 0.324 e. The van der Waals surface area contributed by atoms with Gasteiger partial charge in [-0.3, -0.25) is 9.69 Å². The Morgan fingerprint density at radius 1 is 1.36 bits per heavy atom. The van der Waals surface area contributed by atoms with Gasteiger partial charge in [0.05, 0.1) is 18.7 Å². The van der Waals surface area contributed by atoms with Crippen LogP contribution in [0.1, 0.15) is 37.8 Å². The number of amides is 3. The molecule has 130 valence electrons. The second kappa shape index (κ2) is 5.38. The normalized spacial score (nSPS) is 26.4. The molecule has 1 aromatic rings. The first kappa shape index (κ1) is 15.8. The summed E-state index contributed by atoms with van der Waals surface area (Å²) in [5.41, 5.74) is 1.20. The van der Waals surface area contributed by atoms with E-state index in [0.717, 1.165) is 11.3 Å². The molecule has 7 heteroatoms. The van der Waals surface area contributed by atoms with E-state index in [2.05, 4.69) is 25.2 Å². The molecule has 1 aliphatic carbocycles. The molecule has 0 atom stereocenters. The van der Waals surface area contributed by atoms with Crippen LogP contribution in [0.5, 0.6) is 11.5 Å². The van der Waals surface area contributed by atoms with Crippen LogP contribution < -0.4 is 14.8 Å². The minimum atomic E-state index is -0.317. The summed E-state index contributed by atoms with van der Waals surface area (Å²) in [5.74, 6) is 1.15. The van der Waals surface area contributed by atoms with Crippen molar-refractivity contribution in [1.82, 2.24) is 10.2 Å². The lowest BCUT2D eigenvalue weighted by Gasteiger charge is -2.39. The highest BCUT2D eigenvalue weighted by Gasteiger charge is 2.44.